The molecule has 39 heavy (non-hydrogen) atoms. The molecule has 1 aliphatic rings. The number of aromatic nitrogens is 2. The van der Waals surface area contributed by atoms with E-state index in [2.05, 4.69) is 20.2 Å². The molecule has 4 rings (SSSR count). The minimum atomic E-state index is -4.12. The monoisotopic (exact) mass is 549 g/mol. The van der Waals surface area contributed by atoms with Gasteiger partial charge in [-0.15, -0.1) is 0 Å². The summed E-state index contributed by atoms with van der Waals surface area (Å²) in [7, 11) is -2.36. The first-order valence-electron chi connectivity index (χ1n) is 12.7. The van der Waals surface area contributed by atoms with Gasteiger partial charge in [0.1, 0.15) is 0 Å². The van der Waals surface area contributed by atoms with Gasteiger partial charge in [0.05, 0.1) is 4.90 Å². The van der Waals surface area contributed by atoms with Crippen LogP contribution in [0.1, 0.15) is 46.6 Å². The Morgan fingerprint density at radius 2 is 1.77 bits per heavy atom. The van der Waals surface area contributed by atoms with Gasteiger partial charge in [-0.2, -0.15) is 4.72 Å². The minimum Gasteiger partial charge on any atom is -0.341 e. The molecule has 2 heterocycles. The van der Waals surface area contributed by atoms with Crippen LogP contribution in [-0.4, -0.2) is 42.0 Å². The highest BCUT2D eigenvalue weighted by Crippen LogP contribution is 2.35. The number of rotatable bonds is 8. The van der Waals surface area contributed by atoms with Crippen LogP contribution in [-0.2, 0) is 26.2 Å². The Bertz CT molecular complexity index is 1500. The van der Waals surface area contributed by atoms with Crippen LogP contribution in [0.15, 0.2) is 77.6 Å². The third kappa shape index (κ3) is 6.52. The minimum absolute atomic E-state index is 0.0180. The lowest BCUT2D eigenvalue weighted by molar-refractivity contribution is -0.132. The standard InChI is InChI=1S/C29H35N5O4S/c1-20-18-32-38-29(20,5)33-39(36,37)25-16-21(27-30-14-9-15-31-27)12-13-24(25)23-11-8-7-10-22(23)19-34(6)26(35)17-28(2,3)4/h7-16,18,32-33H,17,19H2,1-6H3. The van der Waals surface area contributed by atoms with Crippen LogP contribution in [0.3, 0.4) is 0 Å². The summed E-state index contributed by atoms with van der Waals surface area (Å²) in [5, 5.41) is 0. The molecule has 0 spiro atoms. The van der Waals surface area contributed by atoms with E-state index < -0.39 is 15.7 Å². The van der Waals surface area contributed by atoms with Crippen molar-refractivity contribution in [3.05, 3.63) is 78.3 Å². The van der Waals surface area contributed by atoms with E-state index in [-0.39, 0.29) is 16.2 Å². The number of nitrogens with one attached hydrogen (secondary N) is 2. The number of hydroxylamine groups is 1. The van der Waals surface area contributed by atoms with Gasteiger partial charge in [0, 0.05) is 49.7 Å². The predicted octanol–water partition coefficient (Wildman–Crippen LogP) is 4.64. The summed E-state index contributed by atoms with van der Waals surface area (Å²) in [6.07, 6.45) is 5.23. The number of sulfonamides is 1. The SMILES string of the molecule is CC1=CNOC1(C)NS(=O)(=O)c1cc(-c2ncccn2)ccc1-c1ccccc1CN(C)C(=O)CC(C)(C)C. The lowest BCUT2D eigenvalue weighted by Crippen LogP contribution is -2.48. The molecule has 206 valence electrons. The fraction of sp³-hybridized carbons (Fsp3) is 0.345. The Balaban J connectivity index is 1.81. The predicted molar refractivity (Wildman–Crippen MR) is 150 cm³/mol. The second kappa shape index (κ2) is 10.9. The second-order valence-electron chi connectivity index (χ2n) is 11.1. The fourth-order valence-corrected chi connectivity index (χ4v) is 5.85. The lowest BCUT2D eigenvalue weighted by atomic mass is 9.91. The molecule has 0 fully saturated rings. The summed E-state index contributed by atoms with van der Waals surface area (Å²) >= 11 is 0. The number of carbonyl (C=O) groups is 1. The van der Waals surface area contributed by atoms with Gasteiger partial charge < -0.3 is 4.90 Å². The van der Waals surface area contributed by atoms with Crippen LogP contribution >= 0.6 is 0 Å². The number of hydrogen-bond donors (Lipinski definition) is 2. The average molecular weight is 550 g/mol. The van der Waals surface area contributed by atoms with Crippen LogP contribution in [0, 0.1) is 5.41 Å². The molecule has 0 saturated heterocycles. The third-order valence-electron chi connectivity index (χ3n) is 6.54. The molecule has 0 bridgehead atoms. The van der Waals surface area contributed by atoms with Crippen LogP contribution in [0.4, 0.5) is 0 Å². The van der Waals surface area contributed by atoms with Gasteiger partial charge >= 0.3 is 0 Å². The summed E-state index contributed by atoms with van der Waals surface area (Å²) < 4.78 is 30.6. The molecule has 0 saturated carbocycles. The van der Waals surface area contributed by atoms with Gasteiger partial charge in [-0.05, 0) is 48.1 Å². The van der Waals surface area contributed by atoms with E-state index in [1.807, 2.05) is 45.0 Å². The highest BCUT2D eigenvalue weighted by molar-refractivity contribution is 7.89. The molecule has 1 amide bonds. The molecule has 1 atom stereocenters. The second-order valence-corrected chi connectivity index (χ2v) is 12.8. The highest BCUT2D eigenvalue weighted by Gasteiger charge is 2.38. The van der Waals surface area contributed by atoms with Crippen molar-refractivity contribution in [1.82, 2.24) is 25.1 Å². The Hall–Kier alpha value is -3.60. The molecule has 10 heteroatoms. The Kier molecular flexibility index (Phi) is 7.92. The van der Waals surface area contributed by atoms with Crippen molar-refractivity contribution in [2.45, 2.75) is 58.2 Å². The highest BCUT2D eigenvalue weighted by atomic mass is 32.2. The Morgan fingerprint density at radius 1 is 1.08 bits per heavy atom. The number of carbonyl (C=O) groups excluding carboxylic acids is 1. The molecule has 2 N–H and O–H groups in total. The third-order valence-corrected chi connectivity index (χ3v) is 8.11. The lowest BCUT2D eigenvalue weighted by Gasteiger charge is -2.27. The van der Waals surface area contributed by atoms with Crippen molar-refractivity contribution in [3.8, 4) is 22.5 Å². The summed E-state index contributed by atoms with van der Waals surface area (Å²) in [5.74, 6) is 0.423. The summed E-state index contributed by atoms with van der Waals surface area (Å²) in [6.45, 7) is 9.82. The summed E-state index contributed by atoms with van der Waals surface area (Å²) in [5.41, 5.74) is 4.46. The molecule has 9 nitrogen and oxygen atoms in total. The van der Waals surface area contributed by atoms with Gasteiger partial charge in [0.15, 0.2) is 11.5 Å². The van der Waals surface area contributed by atoms with E-state index in [0.29, 0.717) is 41.1 Å². The van der Waals surface area contributed by atoms with E-state index in [1.54, 1.807) is 68.7 Å². The van der Waals surface area contributed by atoms with Crippen molar-refractivity contribution in [2.75, 3.05) is 7.05 Å². The van der Waals surface area contributed by atoms with Gasteiger partial charge in [-0.3, -0.25) is 10.3 Å². The summed E-state index contributed by atoms with van der Waals surface area (Å²) in [4.78, 5) is 28.7. The van der Waals surface area contributed by atoms with Crippen LogP contribution < -0.4 is 10.2 Å². The normalized spacial score (nSPS) is 17.4. The van der Waals surface area contributed by atoms with E-state index >= 15 is 0 Å². The first-order chi connectivity index (χ1) is 18.3. The fourth-order valence-electron chi connectivity index (χ4n) is 4.27. The van der Waals surface area contributed by atoms with E-state index in [4.69, 9.17) is 4.84 Å². The molecule has 2 aromatic carbocycles. The zero-order valence-electron chi connectivity index (χ0n) is 23.1. The quantitative estimate of drug-likeness (QED) is 0.421. The first-order valence-corrected chi connectivity index (χ1v) is 14.2. The van der Waals surface area contributed by atoms with Crippen molar-refractivity contribution < 1.29 is 18.0 Å². The van der Waals surface area contributed by atoms with Crippen LogP contribution in [0.5, 0.6) is 0 Å². The molecule has 1 aliphatic heterocycles. The Morgan fingerprint density at radius 3 is 2.41 bits per heavy atom. The van der Waals surface area contributed by atoms with Gasteiger partial charge in [0.25, 0.3) is 0 Å². The maximum atomic E-state index is 14.0. The van der Waals surface area contributed by atoms with Gasteiger partial charge in [-0.1, -0.05) is 57.2 Å². The van der Waals surface area contributed by atoms with E-state index in [9.17, 15) is 13.2 Å². The van der Waals surface area contributed by atoms with E-state index in [0.717, 1.165) is 5.56 Å². The van der Waals surface area contributed by atoms with Crippen molar-refractivity contribution in [3.63, 3.8) is 0 Å². The van der Waals surface area contributed by atoms with Crippen LogP contribution in [0.2, 0.25) is 0 Å². The molecule has 0 radical (unpaired) electrons. The maximum Gasteiger partial charge on any atom is 0.243 e. The number of hydrogen-bond acceptors (Lipinski definition) is 7. The molecule has 1 unspecified atom stereocenters. The van der Waals surface area contributed by atoms with Crippen molar-refractivity contribution in [2.24, 2.45) is 5.41 Å². The van der Waals surface area contributed by atoms with Crippen molar-refractivity contribution >= 4 is 15.9 Å². The number of amides is 1. The van der Waals surface area contributed by atoms with Gasteiger partial charge in [0.2, 0.25) is 15.9 Å². The summed E-state index contributed by atoms with van der Waals surface area (Å²) in [6, 6.07) is 14.3. The van der Waals surface area contributed by atoms with Gasteiger partial charge in [-0.25, -0.2) is 23.2 Å². The zero-order valence-corrected chi connectivity index (χ0v) is 24.0. The molecular weight excluding hydrogens is 514 g/mol. The van der Waals surface area contributed by atoms with Crippen LogP contribution in [0.25, 0.3) is 22.5 Å². The number of benzene rings is 2. The van der Waals surface area contributed by atoms with E-state index in [1.165, 1.54) is 0 Å². The number of nitrogens with zero attached hydrogens (tertiary/aromatic N) is 3. The zero-order chi connectivity index (χ0) is 28.4. The molecule has 1 aromatic heterocycles. The average Bonchev–Trinajstić information content (AvgIpc) is 3.20. The molecular formula is C29H35N5O4S. The van der Waals surface area contributed by atoms with Crippen molar-refractivity contribution in [1.29, 1.82) is 0 Å². The molecule has 0 aliphatic carbocycles. The topological polar surface area (TPSA) is 114 Å². The Labute approximate surface area is 230 Å². The maximum absolute atomic E-state index is 14.0. The largest absolute Gasteiger partial charge is 0.341 e. The first kappa shape index (κ1) is 28.4. The molecule has 3 aromatic rings. The smallest absolute Gasteiger partial charge is 0.243 e.